The van der Waals surface area contributed by atoms with E-state index >= 15 is 0 Å². The van der Waals surface area contributed by atoms with Gasteiger partial charge >= 0.3 is 0 Å². The number of methoxy groups -OCH3 is 1. The number of nitrogens with one attached hydrogen (secondary N) is 1. The van der Waals surface area contributed by atoms with E-state index in [0.717, 1.165) is 44.7 Å². The van der Waals surface area contributed by atoms with Crippen molar-refractivity contribution in [3.05, 3.63) is 29.3 Å². The summed E-state index contributed by atoms with van der Waals surface area (Å²) in [5, 5.41) is 8.28. The van der Waals surface area contributed by atoms with Crippen molar-refractivity contribution in [1.82, 2.24) is 24.6 Å². The number of hydrogen-bond donors (Lipinski definition) is 1. The van der Waals surface area contributed by atoms with Crippen molar-refractivity contribution < 1.29 is 4.74 Å². The number of rotatable bonds is 5. The highest BCUT2D eigenvalue weighted by atomic mass is 16.5. The van der Waals surface area contributed by atoms with Crippen LogP contribution in [0, 0.1) is 0 Å². The molecule has 2 aromatic rings. The molecule has 1 N–H and O–H groups in total. The molecule has 0 bridgehead atoms. The molecule has 0 amide bonds. The van der Waals surface area contributed by atoms with Gasteiger partial charge in [0.25, 0.3) is 0 Å². The largest absolute Gasteiger partial charge is 0.481 e. The molecule has 1 fully saturated rings. The van der Waals surface area contributed by atoms with E-state index < -0.39 is 0 Å². The molecule has 0 radical (unpaired) electrons. The molecule has 140 valence electrons. The van der Waals surface area contributed by atoms with E-state index in [0.29, 0.717) is 11.9 Å². The smallest absolute Gasteiger partial charge is 0.218 e. The van der Waals surface area contributed by atoms with E-state index in [4.69, 9.17) is 9.84 Å². The van der Waals surface area contributed by atoms with Gasteiger partial charge in [-0.2, -0.15) is 5.10 Å². The summed E-state index contributed by atoms with van der Waals surface area (Å²) in [6.07, 6.45) is 8.72. The maximum absolute atomic E-state index is 5.17. The van der Waals surface area contributed by atoms with Crippen LogP contribution < -0.4 is 10.1 Å². The van der Waals surface area contributed by atoms with Gasteiger partial charge in [0.2, 0.25) is 5.88 Å². The highest BCUT2D eigenvalue weighted by Gasteiger charge is 2.24. The molecule has 26 heavy (non-hydrogen) atoms. The summed E-state index contributed by atoms with van der Waals surface area (Å²) in [6, 6.07) is 2.31. The Labute approximate surface area is 154 Å². The zero-order valence-corrected chi connectivity index (χ0v) is 15.7. The van der Waals surface area contributed by atoms with Crippen LogP contribution in [-0.2, 0) is 26.4 Å². The summed E-state index contributed by atoms with van der Waals surface area (Å²) >= 11 is 0. The highest BCUT2D eigenvalue weighted by Crippen LogP contribution is 2.26. The fraction of sp³-hybridized carbons (Fsp3) is 0.632. The van der Waals surface area contributed by atoms with Crippen LogP contribution in [0.4, 0.5) is 5.82 Å². The SMILES string of the molecule is COc1cc(NC2CCN(Cc3c4c(nn3C)CCCC4)CC2)ncn1. The van der Waals surface area contributed by atoms with Gasteiger partial charge in [-0.3, -0.25) is 9.58 Å². The maximum atomic E-state index is 5.17. The molecule has 4 rings (SSSR count). The molecule has 7 nitrogen and oxygen atoms in total. The lowest BCUT2D eigenvalue weighted by Crippen LogP contribution is -2.39. The maximum Gasteiger partial charge on any atom is 0.218 e. The first-order valence-corrected chi connectivity index (χ1v) is 9.61. The number of anilines is 1. The van der Waals surface area contributed by atoms with Gasteiger partial charge in [0, 0.05) is 38.8 Å². The lowest BCUT2D eigenvalue weighted by molar-refractivity contribution is 0.206. The van der Waals surface area contributed by atoms with E-state index in [2.05, 4.69) is 31.9 Å². The van der Waals surface area contributed by atoms with E-state index in [1.54, 1.807) is 13.4 Å². The molecular formula is C19H28N6O. The first-order chi connectivity index (χ1) is 12.7. The zero-order chi connectivity index (χ0) is 17.9. The lowest BCUT2D eigenvalue weighted by Gasteiger charge is -2.32. The average molecular weight is 356 g/mol. The zero-order valence-electron chi connectivity index (χ0n) is 15.7. The average Bonchev–Trinajstić information content (AvgIpc) is 2.99. The molecule has 2 aromatic heterocycles. The Morgan fingerprint density at radius 2 is 2.00 bits per heavy atom. The number of hydrogen-bond acceptors (Lipinski definition) is 6. The lowest BCUT2D eigenvalue weighted by atomic mass is 9.95. The summed E-state index contributed by atoms with van der Waals surface area (Å²) in [5.74, 6) is 1.44. The highest BCUT2D eigenvalue weighted by molar-refractivity contribution is 5.38. The number of likely N-dealkylation sites (tertiary alicyclic amines) is 1. The van der Waals surface area contributed by atoms with Crippen LogP contribution in [0.25, 0.3) is 0 Å². The monoisotopic (exact) mass is 356 g/mol. The molecular weight excluding hydrogens is 328 g/mol. The van der Waals surface area contributed by atoms with Crippen LogP contribution in [0.2, 0.25) is 0 Å². The van der Waals surface area contributed by atoms with Crippen molar-refractivity contribution >= 4 is 5.82 Å². The topological polar surface area (TPSA) is 68.1 Å². The Bertz CT molecular complexity index is 750. The van der Waals surface area contributed by atoms with E-state index in [-0.39, 0.29) is 0 Å². The van der Waals surface area contributed by atoms with E-state index in [9.17, 15) is 0 Å². The van der Waals surface area contributed by atoms with Gasteiger partial charge in [-0.25, -0.2) is 9.97 Å². The molecule has 0 unspecified atom stereocenters. The molecule has 3 heterocycles. The number of aryl methyl sites for hydroxylation is 2. The molecule has 1 aliphatic carbocycles. The second-order valence-electron chi connectivity index (χ2n) is 7.34. The molecule has 1 saturated heterocycles. The van der Waals surface area contributed by atoms with Crippen LogP contribution >= 0.6 is 0 Å². The molecule has 7 heteroatoms. The molecule has 2 aliphatic rings. The number of aromatic nitrogens is 4. The van der Waals surface area contributed by atoms with Crippen molar-refractivity contribution in [2.24, 2.45) is 7.05 Å². The second kappa shape index (κ2) is 7.61. The summed E-state index contributed by atoms with van der Waals surface area (Å²) < 4.78 is 7.29. The van der Waals surface area contributed by atoms with Gasteiger partial charge in [-0.05, 0) is 44.1 Å². The van der Waals surface area contributed by atoms with Gasteiger partial charge in [0.15, 0.2) is 0 Å². The Kier molecular flexibility index (Phi) is 5.06. The van der Waals surface area contributed by atoms with Crippen LogP contribution in [0.5, 0.6) is 5.88 Å². The Morgan fingerprint density at radius 3 is 2.81 bits per heavy atom. The number of piperidine rings is 1. The predicted octanol–water partition coefficient (Wildman–Crippen LogP) is 2.17. The third kappa shape index (κ3) is 3.67. The molecule has 0 atom stereocenters. The van der Waals surface area contributed by atoms with Crippen molar-refractivity contribution in [1.29, 1.82) is 0 Å². The molecule has 1 aliphatic heterocycles. The van der Waals surface area contributed by atoms with Gasteiger partial charge in [-0.1, -0.05) is 0 Å². The second-order valence-corrected chi connectivity index (χ2v) is 7.34. The fourth-order valence-electron chi connectivity index (χ4n) is 4.13. The van der Waals surface area contributed by atoms with Gasteiger partial charge < -0.3 is 10.1 Å². The van der Waals surface area contributed by atoms with E-state index in [1.807, 2.05) is 6.07 Å². The van der Waals surface area contributed by atoms with Crippen molar-refractivity contribution in [3.8, 4) is 5.88 Å². The van der Waals surface area contributed by atoms with Crippen LogP contribution in [0.15, 0.2) is 12.4 Å². The van der Waals surface area contributed by atoms with Crippen LogP contribution in [0.1, 0.15) is 42.6 Å². The van der Waals surface area contributed by atoms with Gasteiger partial charge in [0.1, 0.15) is 12.1 Å². The first-order valence-electron chi connectivity index (χ1n) is 9.61. The fourth-order valence-corrected chi connectivity index (χ4v) is 4.13. The minimum atomic E-state index is 0.450. The summed E-state index contributed by atoms with van der Waals surface area (Å²) in [7, 11) is 3.73. The quantitative estimate of drug-likeness (QED) is 0.886. The van der Waals surface area contributed by atoms with E-state index in [1.165, 1.54) is 36.2 Å². The van der Waals surface area contributed by atoms with Gasteiger partial charge in [-0.15, -0.1) is 0 Å². The third-order valence-electron chi connectivity index (χ3n) is 5.61. The summed E-state index contributed by atoms with van der Waals surface area (Å²) in [4.78, 5) is 10.9. The molecule has 0 spiro atoms. The molecule has 0 saturated carbocycles. The number of nitrogens with zero attached hydrogens (tertiary/aromatic N) is 5. The van der Waals surface area contributed by atoms with Crippen molar-refractivity contribution in [2.75, 3.05) is 25.5 Å². The normalized spacial score (nSPS) is 18.5. The summed E-state index contributed by atoms with van der Waals surface area (Å²) in [6.45, 7) is 3.21. The molecule has 0 aromatic carbocycles. The standard InChI is InChI=1S/C19H28N6O/c1-24-17(15-5-3-4-6-16(15)23-24)12-25-9-7-14(8-10-25)22-18-11-19(26-2)21-13-20-18/h11,13-14H,3-10,12H2,1-2H3,(H,20,21,22). The van der Waals surface area contributed by atoms with Crippen molar-refractivity contribution in [3.63, 3.8) is 0 Å². The van der Waals surface area contributed by atoms with Crippen molar-refractivity contribution in [2.45, 2.75) is 51.1 Å². The predicted molar refractivity (Wildman–Crippen MR) is 100 cm³/mol. The Morgan fingerprint density at radius 1 is 1.19 bits per heavy atom. The minimum absolute atomic E-state index is 0.450. The third-order valence-corrected chi connectivity index (χ3v) is 5.61. The van der Waals surface area contributed by atoms with Crippen LogP contribution in [0.3, 0.4) is 0 Å². The Hall–Kier alpha value is -2.15. The van der Waals surface area contributed by atoms with Crippen LogP contribution in [-0.4, -0.2) is 50.9 Å². The minimum Gasteiger partial charge on any atom is -0.481 e. The number of fused-ring (bicyclic) bond motifs is 1. The summed E-state index contributed by atoms with van der Waals surface area (Å²) in [5.41, 5.74) is 4.28. The Balaban J connectivity index is 1.33. The van der Waals surface area contributed by atoms with Gasteiger partial charge in [0.05, 0.1) is 18.5 Å². The first kappa shape index (κ1) is 17.3. The number of ether oxygens (including phenoxy) is 1.